The summed E-state index contributed by atoms with van der Waals surface area (Å²) in [5.74, 6) is -0.0716. The van der Waals surface area contributed by atoms with Gasteiger partial charge in [-0.2, -0.15) is 5.10 Å². The fraction of sp³-hybridized carbons (Fsp3) is 0.115. The number of carbonyl (C=O) groups excluding carboxylic acids is 1. The second-order valence-corrected chi connectivity index (χ2v) is 7.85. The maximum atomic E-state index is 13.4. The van der Waals surface area contributed by atoms with Gasteiger partial charge in [-0.3, -0.25) is 19.7 Å². The predicted octanol–water partition coefficient (Wildman–Crippen LogP) is 4.69. The van der Waals surface area contributed by atoms with Crippen LogP contribution in [0.25, 0.3) is 16.8 Å². The van der Waals surface area contributed by atoms with Crippen molar-refractivity contribution in [2.24, 2.45) is 0 Å². The highest BCUT2D eigenvalue weighted by Crippen LogP contribution is 2.34. The average Bonchev–Trinajstić information content (AvgIpc) is 2.87. The summed E-state index contributed by atoms with van der Waals surface area (Å²) in [7, 11) is 1.49. The summed E-state index contributed by atoms with van der Waals surface area (Å²) in [6.45, 7) is 3.54. The molecule has 0 radical (unpaired) electrons. The molecule has 9 heteroatoms. The zero-order valence-corrected chi connectivity index (χ0v) is 19.3. The van der Waals surface area contributed by atoms with Crippen molar-refractivity contribution in [1.29, 1.82) is 0 Å². The van der Waals surface area contributed by atoms with Crippen molar-refractivity contribution >= 4 is 17.4 Å². The number of nitrogens with zero attached hydrogens (tertiary/aromatic N) is 3. The van der Waals surface area contributed by atoms with E-state index in [0.717, 1.165) is 5.56 Å². The number of nitro benzene ring substituents is 1. The van der Waals surface area contributed by atoms with Gasteiger partial charge < -0.3 is 10.1 Å². The molecule has 0 aliphatic heterocycles. The summed E-state index contributed by atoms with van der Waals surface area (Å²) in [5.41, 5.74) is 1.99. The van der Waals surface area contributed by atoms with Gasteiger partial charge in [0, 0.05) is 23.3 Å². The molecule has 0 unspecified atom stereocenters. The van der Waals surface area contributed by atoms with Gasteiger partial charge >= 0.3 is 0 Å². The zero-order valence-electron chi connectivity index (χ0n) is 19.3. The quantitative estimate of drug-likeness (QED) is 0.323. The summed E-state index contributed by atoms with van der Waals surface area (Å²) in [5, 5.41) is 18.4. The van der Waals surface area contributed by atoms with Crippen molar-refractivity contribution in [2.45, 2.75) is 13.8 Å². The van der Waals surface area contributed by atoms with E-state index in [9.17, 15) is 19.7 Å². The number of carbonyl (C=O) groups is 1. The molecule has 0 saturated heterocycles. The molecule has 0 aliphatic rings. The van der Waals surface area contributed by atoms with Gasteiger partial charge in [0.1, 0.15) is 17.3 Å². The Morgan fingerprint density at radius 1 is 1.03 bits per heavy atom. The molecule has 1 heterocycles. The summed E-state index contributed by atoms with van der Waals surface area (Å²) in [6.07, 6.45) is 0. The minimum Gasteiger partial charge on any atom is -0.496 e. The molecular weight excluding hydrogens is 448 g/mol. The lowest BCUT2D eigenvalue weighted by Gasteiger charge is -2.19. The maximum Gasteiger partial charge on any atom is 0.270 e. The third-order valence-electron chi connectivity index (χ3n) is 5.46. The van der Waals surface area contributed by atoms with Gasteiger partial charge in [0.05, 0.1) is 23.3 Å². The SMILES string of the molecule is COc1ccccc1-c1c(NC(=O)c2cccc([N+](=O)[O-])c2)n(-c2ccc(C)cc2)nc(C)c1=O. The van der Waals surface area contributed by atoms with Crippen LogP contribution in [0.1, 0.15) is 21.6 Å². The molecule has 0 fully saturated rings. The monoisotopic (exact) mass is 470 g/mol. The molecule has 0 aliphatic carbocycles. The molecule has 1 aromatic heterocycles. The molecule has 9 nitrogen and oxygen atoms in total. The molecule has 3 aromatic carbocycles. The number of amides is 1. The fourth-order valence-corrected chi connectivity index (χ4v) is 3.67. The van der Waals surface area contributed by atoms with E-state index in [0.29, 0.717) is 17.0 Å². The molecule has 176 valence electrons. The number of benzene rings is 3. The Hall–Kier alpha value is -4.79. The first-order valence-electron chi connectivity index (χ1n) is 10.7. The number of rotatable bonds is 6. The number of para-hydroxylation sites is 1. The Morgan fingerprint density at radius 2 is 1.74 bits per heavy atom. The molecule has 0 spiro atoms. The number of hydrogen-bond acceptors (Lipinski definition) is 6. The highest BCUT2D eigenvalue weighted by Gasteiger charge is 2.23. The largest absolute Gasteiger partial charge is 0.496 e. The first-order chi connectivity index (χ1) is 16.8. The second kappa shape index (κ2) is 9.60. The zero-order chi connectivity index (χ0) is 25.1. The number of ether oxygens (including phenoxy) is 1. The van der Waals surface area contributed by atoms with Gasteiger partial charge in [0.15, 0.2) is 0 Å². The van der Waals surface area contributed by atoms with E-state index in [1.54, 1.807) is 31.2 Å². The number of aryl methyl sites for hydroxylation is 2. The Labute approximate surface area is 200 Å². The summed E-state index contributed by atoms with van der Waals surface area (Å²) < 4.78 is 6.97. The molecule has 1 amide bonds. The summed E-state index contributed by atoms with van der Waals surface area (Å²) in [6, 6.07) is 19.7. The predicted molar refractivity (Wildman–Crippen MR) is 132 cm³/mol. The van der Waals surface area contributed by atoms with Crippen LogP contribution < -0.4 is 15.5 Å². The fourth-order valence-electron chi connectivity index (χ4n) is 3.67. The van der Waals surface area contributed by atoms with E-state index in [-0.39, 0.29) is 33.8 Å². The first kappa shape index (κ1) is 23.4. The lowest BCUT2D eigenvalue weighted by Crippen LogP contribution is -2.25. The van der Waals surface area contributed by atoms with Crippen molar-refractivity contribution < 1.29 is 14.5 Å². The van der Waals surface area contributed by atoms with Crippen LogP contribution in [0.2, 0.25) is 0 Å². The summed E-state index contributed by atoms with van der Waals surface area (Å²) in [4.78, 5) is 37.3. The standard InChI is InChI=1S/C26H22N4O5/c1-16-11-13-19(14-12-16)29-25(27-26(32)18-7-6-8-20(15-18)30(33)34)23(24(31)17(2)28-29)21-9-4-5-10-22(21)35-3/h4-15H,1-3H3,(H,27,32). The van der Waals surface area contributed by atoms with Crippen molar-refractivity contribution in [3.63, 3.8) is 0 Å². The van der Waals surface area contributed by atoms with E-state index in [1.807, 2.05) is 31.2 Å². The normalized spacial score (nSPS) is 10.6. The highest BCUT2D eigenvalue weighted by atomic mass is 16.6. The highest BCUT2D eigenvalue weighted by molar-refractivity contribution is 6.06. The third kappa shape index (κ3) is 4.65. The number of non-ortho nitro benzene ring substituents is 1. The number of hydrogen-bond donors (Lipinski definition) is 1. The molecular formula is C26H22N4O5. The lowest BCUT2D eigenvalue weighted by atomic mass is 10.0. The number of nitro groups is 1. The Bertz CT molecular complexity index is 1490. The van der Waals surface area contributed by atoms with Gasteiger partial charge in [-0.1, -0.05) is 42.0 Å². The molecule has 1 N–H and O–H groups in total. The lowest BCUT2D eigenvalue weighted by molar-refractivity contribution is -0.384. The molecule has 0 saturated carbocycles. The average molecular weight is 470 g/mol. The van der Waals surface area contributed by atoms with Crippen LogP contribution in [0.4, 0.5) is 11.5 Å². The molecule has 0 atom stereocenters. The Balaban J connectivity index is 1.97. The first-order valence-corrected chi connectivity index (χ1v) is 10.7. The van der Waals surface area contributed by atoms with Crippen LogP contribution in [0.3, 0.4) is 0 Å². The topological polar surface area (TPSA) is 116 Å². The van der Waals surface area contributed by atoms with E-state index in [1.165, 1.54) is 36.1 Å². The number of aromatic nitrogens is 2. The van der Waals surface area contributed by atoms with Gasteiger partial charge in [0.25, 0.3) is 11.6 Å². The van der Waals surface area contributed by atoms with Crippen molar-refractivity contribution in [1.82, 2.24) is 9.78 Å². The number of anilines is 1. The van der Waals surface area contributed by atoms with E-state index >= 15 is 0 Å². The Kier molecular flexibility index (Phi) is 6.41. The van der Waals surface area contributed by atoms with Gasteiger partial charge in [-0.05, 0) is 38.1 Å². The van der Waals surface area contributed by atoms with Crippen LogP contribution in [0, 0.1) is 24.0 Å². The molecule has 4 aromatic rings. The maximum absolute atomic E-state index is 13.4. The van der Waals surface area contributed by atoms with Crippen LogP contribution in [-0.4, -0.2) is 27.7 Å². The van der Waals surface area contributed by atoms with Crippen LogP contribution in [0.15, 0.2) is 77.6 Å². The minimum absolute atomic E-state index is 0.0636. The second-order valence-electron chi connectivity index (χ2n) is 7.85. The van der Waals surface area contributed by atoms with Gasteiger partial charge in [-0.25, -0.2) is 4.68 Å². The van der Waals surface area contributed by atoms with Crippen LogP contribution in [0.5, 0.6) is 5.75 Å². The smallest absolute Gasteiger partial charge is 0.270 e. The number of methoxy groups -OCH3 is 1. The summed E-state index contributed by atoms with van der Waals surface area (Å²) >= 11 is 0. The van der Waals surface area contributed by atoms with E-state index in [2.05, 4.69) is 10.4 Å². The van der Waals surface area contributed by atoms with Gasteiger partial charge in [0.2, 0.25) is 5.43 Å². The molecule has 35 heavy (non-hydrogen) atoms. The minimum atomic E-state index is -0.629. The van der Waals surface area contributed by atoms with Gasteiger partial charge in [-0.15, -0.1) is 0 Å². The van der Waals surface area contributed by atoms with Crippen molar-refractivity contribution in [3.05, 3.63) is 110 Å². The Morgan fingerprint density at radius 3 is 2.43 bits per heavy atom. The van der Waals surface area contributed by atoms with Crippen molar-refractivity contribution in [3.8, 4) is 22.6 Å². The van der Waals surface area contributed by atoms with Crippen LogP contribution in [-0.2, 0) is 0 Å². The molecule has 4 rings (SSSR count). The van der Waals surface area contributed by atoms with E-state index < -0.39 is 10.8 Å². The number of nitrogens with one attached hydrogen (secondary N) is 1. The van der Waals surface area contributed by atoms with E-state index in [4.69, 9.17) is 4.74 Å². The van der Waals surface area contributed by atoms with Crippen molar-refractivity contribution in [2.75, 3.05) is 12.4 Å². The van der Waals surface area contributed by atoms with Crippen LogP contribution >= 0.6 is 0 Å². The third-order valence-corrected chi connectivity index (χ3v) is 5.46. The molecule has 0 bridgehead atoms.